The number of anilines is 2. The minimum Gasteiger partial charge on any atom is -0.466 e. The van der Waals surface area contributed by atoms with Crippen molar-refractivity contribution in [2.24, 2.45) is 5.92 Å². The number of ether oxygens (including phenoxy) is 1. The minimum absolute atomic E-state index is 0.160. The topological polar surface area (TPSA) is 84.7 Å². The number of rotatable bonds is 5. The minimum atomic E-state index is -0.184. The van der Waals surface area contributed by atoms with Crippen LogP contribution in [0.2, 0.25) is 5.02 Å². The maximum atomic E-state index is 12.2. The third-order valence-electron chi connectivity index (χ3n) is 3.76. The highest BCUT2D eigenvalue weighted by atomic mass is 35.5. The first kappa shape index (κ1) is 17.6. The van der Waals surface area contributed by atoms with Crippen LogP contribution in [0.5, 0.6) is 0 Å². The van der Waals surface area contributed by atoms with Crippen LogP contribution in [0.3, 0.4) is 0 Å². The first-order valence-electron chi connectivity index (χ1n) is 7.73. The van der Waals surface area contributed by atoms with Gasteiger partial charge in [0.15, 0.2) is 0 Å². The molecule has 1 atom stereocenters. The van der Waals surface area contributed by atoms with Gasteiger partial charge in [-0.2, -0.15) is 0 Å². The van der Waals surface area contributed by atoms with Crippen LogP contribution in [0.25, 0.3) is 0 Å². The second kappa shape index (κ2) is 8.17. The Morgan fingerprint density at radius 1 is 1.48 bits per heavy atom. The number of nitrogen functional groups attached to an aromatic ring is 1. The van der Waals surface area contributed by atoms with E-state index in [2.05, 4.69) is 5.32 Å². The van der Waals surface area contributed by atoms with Gasteiger partial charge < -0.3 is 15.8 Å². The molecule has 7 heteroatoms. The first-order valence-corrected chi connectivity index (χ1v) is 8.11. The molecule has 0 radical (unpaired) electrons. The van der Waals surface area contributed by atoms with Crippen molar-refractivity contribution in [1.82, 2.24) is 4.90 Å². The van der Waals surface area contributed by atoms with Gasteiger partial charge >= 0.3 is 5.97 Å². The van der Waals surface area contributed by atoms with Crippen LogP contribution >= 0.6 is 11.6 Å². The Morgan fingerprint density at radius 2 is 2.26 bits per heavy atom. The number of hydrogen-bond donors (Lipinski definition) is 2. The fraction of sp³-hybridized carbons (Fsp3) is 0.500. The SMILES string of the molecule is CCOC(=O)C1CCCN(CC(=O)Nc2cc(N)ccc2Cl)C1. The predicted octanol–water partition coefficient (Wildman–Crippen LogP) is 2.14. The molecule has 1 amide bonds. The molecule has 1 aliphatic rings. The van der Waals surface area contributed by atoms with Gasteiger partial charge in [0, 0.05) is 12.2 Å². The summed E-state index contributed by atoms with van der Waals surface area (Å²) < 4.78 is 5.06. The van der Waals surface area contributed by atoms with Crippen LogP contribution in [-0.2, 0) is 14.3 Å². The fourth-order valence-electron chi connectivity index (χ4n) is 2.68. The molecular weight excluding hydrogens is 318 g/mol. The maximum absolute atomic E-state index is 12.2. The standard InChI is InChI=1S/C16H22ClN3O3/c1-2-23-16(22)11-4-3-7-20(9-11)10-15(21)19-14-8-12(18)5-6-13(14)17/h5-6,8,11H,2-4,7,9-10,18H2,1H3,(H,19,21). The van der Waals surface area contributed by atoms with E-state index in [0.717, 1.165) is 19.4 Å². The van der Waals surface area contributed by atoms with Crippen LogP contribution in [0.15, 0.2) is 18.2 Å². The van der Waals surface area contributed by atoms with E-state index >= 15 is 0 Å². The number of hydrogen-bond acceptors (Lipinski definition) is 5. The normalized spacial score (nSPS) is 18.4. The maximum Gasteiger partial charge on any atom is 0.310 e. The Bertz CT molecular complexity index is 580. The molecule has 0 bridgehead atoms. The number of halogens is 1. The Balaban J connectivity index is 1.89. The summed E-state index contributed by atoms with van der Waals surface area (Å²) in [7, 11) is 0. The van der Waals surface area contributed by atoms with Gasteiger partial charge in [-0.05, 0) is 44.5 Å². The molecule has 2 rings (SSSR count). The quantitative estimate of drug-likeness (QED) is 0.634. The second-order valence-corrected chi connectivity index (χ2v) is 6.02. The molecule has 1 unspecified atom stereocenters. The summed E-state index contributed by atoms with van der Waals surface area (Å²) in [5, 5.41) is 3.20. The van der Waals surface area contributed by atoms with Gasteiger partial charge in [-0.1, -0.05) is 11.6 Å². The predicted molar refractivity (Wildman–Crippen MR) is 90.3 cm³/mol. The van der Waals surface area contributed by atoms with E-state index in [1.54, 1.807) is 25.1 Å². The number of likely N-dealkylation sites (tertiary alicyclic amines) is 1. The highest BCUT2D eigenvalue weighted by Gasteiger charge is 2.27. The number of esters is 1. The van der Waals surface area contributed by atoms with E-state index in [9.17, 15) is 9.59 Å². The number of piperidine rings is 1. The third kappa shape index (κ3) is 5.11. The molecule has 126 valence electrons. The van der Waals surface area contributed by atoms with Crippen LogP contribution in [0, 0.1) is 5.92 Å². The van der Waals surface area contributed by atoms with E-state index < -0.39 is 0 Å². The molecule has 0 aliphatic carbocycles. The zero-order valence-corrected chi connectivity index (χ0v) is 13.9. The molecule has 23 heavy (non-hydrogen) atoms. The number of carbonyl (C=O) groups excluding carboxylic acids is 2. The van der Waals surface area contributed by atoms with Gasteiger partial charge in [0.05, 0.1) is 29.8 Å². The molecular formula is C16H22ClN3O3. The number of nitrogens with zero attached hydrogens (tertiary/aromatic N) is 1. The van der Waals surface area contributed by atoms with E-state index in [1.807, 2.05) is 4.90 Å². The molecule has 0 aromatic heterocycles. The summed E-state index contributed by atoms with van der Waals surface area (Å²) in [6.07, 6.45) is 1.67. The van der Waals surface area contributed by atoms with Crippen LogP contribution in [0.4, 0.5) is 11.4 Å². The highest BCUT2D eigenvalue weighted by Crippen LogP contribution is 2.24. The van der Waals surface area contributed by atoms with Crippen molar-refractivity contribution in [2.75, 3.05) is 37.3 Å². The lowest BCUT2D eigenvalue weighted by molar-refractivity contribution is -0.150. The van der Waals surface area contributed by atoms with E-state index in [0.29, 0.717) is 29.5 Å². The average molecular weight is 340 g/mol. The Hall–Kier alpha value is -1.79. The smallest absolute Gasteiger partial charge is 0.310 e. The first-order chi connectivity index (χ1) is 11.0. The Kier molecular flexibility index (Phi) is 6.24. The van der Waals surface area contributed by atoms with Crippen molar-refractivity contribution in [3.05, 3.63) is 23.2 Å². The van der Waals surface area contributed by atoms with Gasteiger partial charge in [0.25, 0.3) is 0 Å². The molecule has 1 aliphatic heterocycles. The third-order valence-corrected chi connectivity index (χ3v) is 4.09. The van der Waals surface area contributed by atoms with Crippen molar-refractivity contribution in [2.45, 2.75) is 19.8 Å². The zero-order chi connectivity index (χ0) is 16.8. The van der Waals surface area contributed by atoms with Gasteiger partial charge in [-0.25, -0.2) is 0 Å². The number of benzene rings is 1. The second-order valence-electron chi connectivity index (χ2n) is 5.61. The summed E-state index contributed by atoms with van der Waals surface area (Å²) >= 11 is 6.04. The van der Waals surface area contributed by atoms with Crippen molar-refractivity contribution in [1.29, 1.82) is 0 Å². The molecule has 1 saturated heterocycles. The Morgan fingerprint density at radius 3 is 3.00 bits per heavy atom. The number of amides is 1. The molecule has 6 nitrogen and oxygen atoms in total. The summed E-state index contributed by atoms with van der Waals surface area (Å²) in [5.41, 5.74) is 6.72. The molecule has 1 aromatic rings. The van der Waals surface area contributed by atoms with Gasteiger partial charge in [0.1, 0.15) is 0 Å². The lowest BCUT2D eigenvalue weighted by Gasteiger charge is -2.30. The van der Waals surface area contributed by atoms with E-state index in [4.69, 9.17) is 22.1 Å². The summed E-state index contributed by atoms with van der Waals surface area (Å²) in [5.74, 6) is -0.522. The highest BCUT2D eigenvalue weighted by molar-refractivity contribution is 6.33. The summed E-state index contributed by atoms with van der Waals surface area (Å²) in [6, 6.07) is 4.94. The largest absolute Gasteiger partial charge is 0.466 e. The van der Waals surface area contributed by atoms with E-state index in [1.165, 1.54) is 0 Å². The van der Waals surface area contributed by atoms with Crippen molar-refractivity contribution >= 4 is 34.9 Å². The Labute approximate surface area is 140 Å². The molecule has 1 heterocycles. The van der Waals surface area contributed by atoms with Crippen LogP contribution in [-0.4, -0.2) is 43.0 Å². The summed E-state index contributed by atoms with van der Waals surface area (Å²) in [4.78, 5) is 26.0. The van der Waals surface area contributed by atoms with Crippen LogP contribution in [0.1, 0.15) is 19.8 Å². The van der Waals surface area contributed by atoms with Crippen molar-refractivity contribution in [3.8, 4) is 0 Å². The van der Waals surface area contributed by atoms with Crippen LogP contribution < -0.4 is 11.1 Å². The fourth-order valence-corrected chi connectivity index (χ4v) is 2.85. The number of carbonyl (C=O) groups is 2. The molecule has 1 aromatic carbocycles. The lowest BCUT2D eigenvalue weighted by Crippen LogP contribution is -2.43. The van der Waals surface area contributed by atoms with Crippen molar-refractivity contribution < 1.29 is 14.3 Å². The van der Waals surface area contributed by atoms with E-state index in [-0.39, 0.29) is 24.3 Å². The molecule has 0 spiro atoms. The average Bonchev–Trinajstić information content (AvgIpc) is 2.51. The number of nitrogens with one attached hydrogen (secondary N) is 1. The zero-order valence-electron chi connectivity index (χ0n) is 13.2. The lowest BCUT2D eigenvalue weighted by atomic mass is 9.98. The number of nitrogens with two attached hydrogens (primary N) is 1. The van der Waals surface area contributed by atoms with Gasteiger partial charge in [-0.15, -0.1) is 0 Å². The summed E-state index contributed by atoms with van der Waals surface area (Å²) in [6.45, 7) is 3.71. The molecule has 0 saturated carbocycles. The van der Waals surface area contributed by atoms with Gasteiger partial charge in [-0.3, -0.25) is 14.5 Å². The molecule has 1 fully saturated rings. The van der Waals surface area contributed by atoms with Gasteiger partial charge in [0.2, 0.25) is 5.91 Å². The van der Waals surface area contributed by atoms with Crippen molar-refractivity contribution in [3.63, 3.8) is 0 Å². The monoisotopic (exact) mass is 339 g/mol. The molecule has 3 N–H and O–H groups in total.